The summed E-state index contributed by atoms with van der Waals surface area (Å²) in [5, 5.41) is 8.04. The fourth-order valence-corrected chi connectivity index (χ4v) is 5.39. The van der Waals surface area contributed by atoms with Gasteiger partial charge in [-0.2, -0.15) is 5.10 Å². The summed E-state index contributed by atoms with van der Waals surface area (Å²) in [5.74, 6) is 1.78. The van der Waals surface area contributed by atoms with Crippen LogP contribution in [-0.4, -0.2) is 35.7 Å². The molecule has 34 heavy (non-hydrogen) atoms. The number of rotatable bonds is 6. The summed E-state index contributed by atoms with van der Waals surface area (Å²) in [6, 6.07) is 26.1. The number of nitrogens with one attached hydrogen (secondary N) is 1. The fourth-order valence-electron chi connectivity index (χ4n) is 4.27. The van der Waals surface area contributed by atoms with Crippen molar-refractivity contribution in [1.29, 1.82) is 0 Å². The molecule has 5 rings (SSSR count). The van der Waals surface area contributed by atoms with E-state index in [9.17, 15) is 4.79 Å². The van der Waals surface area contributed by atoms with E-state index < -0.39 is 0 Å². The van der Waals surface area contributed by atoms with Gasteiger partial charge in [-0.15, -0.1) is 11.8 Å². The zero-order chi connectivity index (χ0) is 23.5. The number of anilines is 1. The van der Waals surface area contributed by atoms with Gasteiger partial charge in [0.2, 0.25) is 5.91 Å². The number of methoxy groups -OCH3 is 2. The van der Waals surface area contributed by atoms with Crippen molar-refractivity contribution in [2.45, 2.75) is 11.9 Å². The number of aromatic nitrogens is 2. The lowest BCUT2D eigenvalue weighted by molar-refractivity contribution is -0.113. The number of carbonyl (C=O) groups excluding carboxylic acids is 1. The van der Waals surface area contributed by atoms with Crippen molar-refractivity contribution in [1.82, 2.24) is 9.78 Å². The van der Waals surface area contributed by atoms with Crippen molar-refractivity contribution in [3.8, 4) is 22.7 Å². The highest BCUT2D eigenvalue weighted by Crippen LogP contribution is 2.47. The zero-order valence-corrected chi connectivity index (χ0v) is 19.8. The van der Waals surface area contributed by atoms with Gasteiger partial charge in [0.25, 0.3) is 0 Å². The number of hydrogen-bond donors (Lipinski definition) is 1. The van der Waals surface area contributed by atoms with E-state index in [1.54, 1.807) is 26.0 Å². The summed E-state index contributed by atoms with van der Waals surface area (Å²) in [7, 11) is 3.33. The van der Waals surface area contributed by atoms with Crippen LogP contribution in [-0.2, 0) is 16.1 Å². The minimum absolute atomic E-state index is 0.0453. The molecule has 0 fully saturated rings. The smallest absolute Gasteiger partial charge is 0.235 e. The molecule has 3 aromatic carbocycles. The van der Waals surface area contributed by atoms with Gasteiger partial charge in [0.05, 0.1) is 36.1 Å². The Kier molecular flexibility index (Phi) is 6.38. The van der Waals surface area contributed by atoms with E-state index >= 15 is 0 Å². The first-order chi connectivity index (χ1) is 16.7. The maximum absolute atomic E-state index is 12.8. The largest absolute Gasteiger partial charge is 0.496 e. The Morgan fingerprint density at radius 1 is 1.03 bits per heavy atom. The monoisotopic (exact) mass is 471 g/mol. The predicted molar refractivity (Wildman–Crippen MR) is 136 cm³/mol. The van der Waals surface area contributed by atoms with Crippen molar-refractivity contribution in [2.24, 2.45) is 0 Å². The minimum Gasteiger partial charge on any atom is -0.496 e. The lowest BCUT2D eigenvalue weighted by Crippen LogP contribution is -2.15. The predicted octanol–water partition coefficient (Wildman–Crippen LogP) is 5.47. The molecule has 0 radical (unpaired) electrons. The highest BCUT2D eigenvalue weighted by molar-refractivity contribution is 8.00. The third-order valence-electron chi connectivity index (χ3n) is 5.78. The highest BCUT2D eigenvalue weighted by Gasteiger charge is 2.32. The van der Waals surface area contributed by atoms with Crippen LogP contribution in [0.1, 0.15) is 21.9 Å². The van der Waals surface area contributed by atoms with E-state index in [4.69, 9.17) is 14.6 Å². The second-order valence-electron chi connectivity index (χ2n) is 7.97. The molecule has 0 bridgehead atoms. The minimum atomic E-state index is -0.108. The van der Waals surface area contributed by atoms with Crippen LogP contribution in [0, 0.1) is 0 Å². The van der Waals surface area contributed by atoms with E-state index in [1.165, 1.54) is 0 Å². The van der Waals surface area contributed by atoms with Crippen LogP contribution in [0.15, 0.2) is 78.9 Å². The van der Waals surface area contributed by atoms with Gasteiger partial charge in [-0.25, -0.2) is 4.68 Å². The summed E-state index contributed by atoms with van der Waals surface area (Å²) in [4.78, 5) is 12.8. The molecule has 1 aliphatic rings. The number of amides is 1. The first kappa shape index (κ1) is 22.3. The molecule has 172 valence electrons. The number of ether oxygens (including phenoxy) is 2. The topological polar surface area (TPSA) is 65.4 Å². The summed E-state index contributed by atoms with van der Waals surface area (Å²) < 4.78 is 12.8. The van der Waals surface area contributed by atoms with Crippen LogP contribution in [0.5, 0.6) is 5.75 Å². The third-order valence-corrected chi connectivity index (χ3v) is 7.05. The summed E-state index contributed by atoms with van der Waals surface area (Å²) in [6.07, 6.45) is 0. The van der Waals surface area contributed by atoms with Crippen LogP contribution in [0.2, 0.25) is 0 Å². The lowest BCUT2D eigenvalue weighted by atomic mass is 9.98. The average Bonchev–Trinajstić information content (AvgIpc) is 3.15. The molecule has 4 aromatic rings. The molecule has 1 aromatic heterocycles. The first-order valence-corrected chi connectivity index (χ1v) is 12.1. The number of thioether (sulfide) groups is 1. The SMILES string of the molecule is COCc1cc([C@H]2SCC(=O)Nc3c2c(-c2ccccc2)nn3-c2ccccc2)ccc1OC. The Balaban J connectivity index is 1.75. The standard InChI is InChI=1S/C27H25N3O3S/c1-32-16-20-15-19(13-14-22(20)33-2)26-24-25(18-9-5-3-6-10-18)29-30(21-11-7-4-8-12-21)27(24)28-23(31)17-34-26/h3-15,26H,16-17H2,1-2H3,(H,28,31)/t26-/m1/s1. The maximum atomic E-state index is 12.8. The number of fused-ring (bicyclic) bond motifs is 1. The molecule has 7 heteroatoms. The van der Waals surface area contributed by atoms with Gasteiger partial charge in [-0.3, -0.25) is 4.79 Å². The van der Waals surface area contributed by atoms with Gasteiger partial charge in [-0.05, 0) is 29.8 Å². The number of nitrogens with zero attached hydrogens (tertiary/aromatic N) is 2. The molecule has 1 amide bonds. The quantitative estimate of drug-likeness (QED) is 0.404. The summed E-state index contributed by atoms with van der Waals surface area (Å²) >= 11 is 1.60. The summed E-state index contributed by atoms with van der Waals surface area (Å²) in [5.41, 5.74) is 5.76. The third kappa shape index (κ3) is 4.20. The van der Waals surface area contributed by atoms with Crippen molar-refractivity contribution < 1.29 is 14.3 Å². The van der Waals surface area contributed by atoms with E-state index in [-0.39, 0.29) is 11.2 Å². The lowest BCUT2D eigenvalue weighted by Gasteiger charge is -2.18. The number of carbonyl (C=O) groups is 1. The second kappa shape index (κ2) is 9.75. The van der Waals surface area contributed by atoms with E-state index in [2.05, 4.69) is 29.6 Å². The van der Waals surface area contributed by atoms with E-state index in [0.717, 1.165) is 39.4 Å². The first-order valence-electron chi connectivity index (χ1n) is 11.0. The normalized spacial score (nSPS) is 15.4. The number of para-hydroxylation sites is 1. The molecule has 0 aliphatic carbocycles. The van der Waals surface area contributed by atoms with Crippen molar-refractivity contribution in [3.63, 3.8) is 0 Å². The van der Waals surface area contributed by atoms with Gasteiger partial charge in [0, 0.05) is 23.8 Å². The van der Waals surface area contributed by atoms with E-state index in [1.807, 2.05) is 59.3 Å². The van der Waals surface area contributed by atoms with Crippen molar-refractivity contribution in [3.05, 3.63) is 95.6 Å². The molecule has 2 heterocycles. The summed E-state index contributed by atoms with van der Waals surface area (Å²) in [6.45, 7) is 0.438. The molecule has 0 unspecified atom stereocenters. The molecule has 6 nitrogen and oxygen atoms in total. The molecule has 1 atom stereocenters. The maximum Gasteiger partial charge on any atom is 0.235 e. The molecule has 1 aliphatic heterocycles. The van der Waals surface area contributed by atoms with Crippen molar-refractivity contribution in [2.75, 3.05) is 25.3 Å². The van der Waals surface area contributed by atoms with Gasteiger partial charge in [0.1, 0.15) is 11.6 Å². The van der Waals surface area contributed by atoms with Gasteiger partial charge < -0.3 is 14.8 Å². The Bertz CT molecular complexity index is 1310. The average molecular weight is 472 g/mol. The van der Waals surface area contributed by atoms with Crippen LogP contribution in [0.4, 0.5) is 5.82 Å². The fraction of sp³-hybridized carbons (Fsp3) is 0.185. The molecule has 0 spiro atoms. The second-order valence-corrected chi connectivity index (χ2v) is 9.06. The molecule has 1 N–H and O–H groups in total. The Hall–Kier alpha value is -3.55. The van der Waals surface area contributed by atoms with Crippen LogP contribution in [0.3, 0.4) is 0 Å². The molecule has 0 saturated carbocycles. The van der Waals surface area contributed by atoms with Gasteiger partial charge >= 0.3 is 0 Å². The Labute approximate surface area is 202 Å². The number of benzene rings is 3. The Morgan fingerprint density at radius 2 is 1.76 bits per heavy atom. The highest BCUT2D eigenvalue weighted by atomic mass is 32.2. The van der Waals surface area contributed by atoms with E-state index in [0.29, 0.717) is 18.2 Å². The van der Waals surface area contributed by atoms with Gasteiger partial charge in [-0.1, -0.05) is 54.6 Å². The molecular weight excluding hydrogens is 446 g/mol. The number of hydrogen-bond acceptors (Lipinski definition) is 5. The Morgan fingerprint density at radius 3 is 2.47 bits per heavy atom. The van der Waals surface area contributed by atoms with Crippen LogP contribution in [0.25, 0.3) is 16.9 Å². The molecule has 0 saturated heterocycles. The van der Waals surface area contributed by atoms with Crippen molar-refractivity contribution >= 4 is 23.5 Å². The zero-order valence-electron chi connectivity index (χ0n) is 19.0. The van der Waals surface area contributed by atoms with Crippen LogP contribution < -0.4 is 10.1 Å². The van der Waals surface area contributed by atoms with Crippen LogP contribution >= 0.6 is 11.8 Å². The molecular formula is C27H25N3O3S. The van der Waals surface area contributed by atoms with Gasteiger partial charge in [0.15, 0.2) is 0 Å².